The van der Waals surface area contributed by atoms with E-state index < -0.39 is 0 Å². The van der Waals surface area contributed by atoms with Gasteiger partial charge >= 0.3 is 0 Å². The van der Waals surface area contributed by atoms with Crippen LogP contribution in [0.2, 0.25) is 0 Å². The van der Waals surface area contributed by atoms with Crippen LogP contribution in [0.5, 0.6) is 0 Å². The van der Waals surface area contributed by atoms with Gasteiger partial charge in [0, 0.05) is 0 Å². The first-order valence-corrected chi connectivity index (χ1v) is 5.84. The molecule has 2 aliphatic rings. The minimum atomic E-state index is 0.793. The van der Waals surface area contributed by atoms with Crippen LogP contribution < -0.4 is 5.32 Å². The fourth-order valence-corrected chi connectivity index (χ4v) is 2.40. The molecule has 1 heterocycles. The Balaban J connectivity index is 1.93. The van der Waals surface area contributed by atoms with E-state index in [9.17, 15) is 0 Å². The summed E-state index contributed by atoms with van der Waals surface area (Å²) in [5.74, 6) is 0.793. The maximum absolute atomic E-state index is 3.07. The zero-order chi connectivity index (χ0) is 9.64. The van der Waals surface area contributed by atoms with Gasteiger partial charge in [0.1, 0.15) is 6.54 Å². The van der Waals surface area contributed by atoms with Crippen LogP contribution >= 0.6 is 0 Å². The first-order valence-electron chi connectivity index (χ1n) is 5.84. The van der Waals surface area contributed by atoms with Gasteiger partial charge in [0.05, 0.1) is 0 Å². The van der Waals surface area contributed by atoms with Crippen molar-refractivity contribution in [3.8, 4) is 0 Å². The highest BCUT2D eigenvalue weighted by Crippen LogP contribution is 2.29. The lowest BCUT2D eigenvalue weighted by Gasteiger charge is -2.22. The fourth-order valence-electron chi connectivity index (χ4n) is 2.40. The number of hydrogen-bond acceptors (Lipinski definition) is 1. The Hall–Kier alpha value is -0.720. The van der Waals surface area contributed by atoms with Gasteiger partial charge in [-0.25, -0.2) is 0 Å². The van der Waals surface area contributed by atoms with Crippen molar-refractivity contribution < 1.29 is 0 Å². The van der Waals surface area contributed by atoms with Crippen molar-refractivity contribution in [1.29, 1.82) is 0 Å². The van der Waals surface area contributed by atoms with Crippen LogP contribution in [-0.2, 0) is 0 Å². The molecular weight excluding hydrogens is 170 g/mol. The molecule has 14 heavy (non-hydrogen) atoms. The molecule has 0 aromatic heterocycles. The second-order valence-electron chi connectivity index (χ2n) is 4.31. The number of hydrogen-bond donors (Lipinski definition) is 1. The van der Waals surface area contributed by atoms with Crippen molar-refractivity contribution in [3.05, 3.63) is 30.5 Å². The van der Waals surface area contributed by atoms with Gasteiger partial charge in [0.2, 0.25) is 0 Å². The van der Waals surface area contributed by atoms with Crippen molar-refractivity contribution in [3.63, 3.8) is 0 Å². The smallest absolute Gasteiger partial charge is 0.115 e. The molecule has 0 saturated heterocycles. The molecule has 0 amide bonds. The molecule has 76 valence electrons. The third-order valence-corrected chi connectivity index (χ3v) is 3.26. The molecule has 0 atom stereocenters. The van der Waals surface area contributed by atoms with Crippen LogP contribution in [0.3, 0.4) is 0 Å². The number of nitrogens with one attached hydrogen (secondary N) is 1. The zero-order valence-electron chi connectivity index (χ0n) is 8.76. The SMILES string of the molecule is [C]1C=C(C2CCCCCCC2)C=CN1. The topological polar surface area (TPSA) is 12.0 Å². The predicted molar refractivity (Wildman–Crippen MR) is 59.4 cm³/mol. The van der Waals surface area contributed by atoms with Crippen molar-refractivity contribution in [2.45, 2.75) is 44.9 Å². The molecule has 1 saturated carbocycles. The maximum atomic E-state index is 3.07. The van der Waals surface area contributed by atoms with Gasteiger partial charge < -0.3 is 5.32 Å². The number of dihydropyridines is 1. The maximum Gasteiger partial charge on any atom is 0.115 e. The van der Waals surface area contributed by atoms with Gasteiger partial charge in [-0.3, -0.25) is 0 Å². The van der Waals surface area contributed by atoms with E-state index in [-0.39, 0.29) is 0 Å². The molecule has 1 nitrogen and oxygen atoms in total. The molecule has 0 unspecified atom stereocenters. The molecule has 1 aliphatic carbocycles. The zero-order valence-corrected chi connectivity index (χ0v) is 8.76. The van der Waals surface area contributed by atoms with Gasteiger partial charge in [-0.1, -0.05) is 38.2 Å². The minimum absolute atomic E-state index is 0.793. The molecular formula is C13H19N. The summed E-state index contributed by atoms with van der Waals surface area (Å²) in [6, 6.07) is 0. The van der Waals surface area contributed by atoms with E-state index >= 15 is 0 Å². The molecule has 1 heteroatoms. The molecule has 0 spiro atoms. The summed E-state index contributed by atoms with van der Waals surface area (Å²) >= 11 is 0. The van der Waals surface area contributed by atoms with Gasteiger partial charge in [-0.15, -0.1) is 0 Å². The number of rotatable bonds is 1. The van der Waals surface area contributed by atoms with Crippen LogP contribution in [0, 0.1) is 12.5 Å². The van der Waals surface area contributed by atoms with E-state index in [2.05, 4.69) is 24.0 Å². The third kappa shape index (κ3) is 2.63. The minimum Gasteiger partial charge on any atom is -0.377 e. The van der Waals surface area contributed by atoms with Crippen LogP contribution in [-0.4, -0.2) is 0 Å². The molecule has 0 aromatic rings. The molecule has 1 aliphatic heterocycles. The fraction of sp³-hybridized carbons (Fsp3) is 0.615. The summed E-state index contributed by atoms with van der Waals surface area (Å²) in [5, 5.41) is 2.97. The Morgan fingerprint density at radius 1 is 1.07 bits per heavy atom. The first kappa shape index (κ1) is 9.82. The normalized spacial score (nSPS) is 24.7. The van der Waals surface area contributed by atoms with E-state index in [1.807, 2.05) is 6.20 Å². The Morgan fingerprint density at radius 3 is 2.43 bits per heavy atom. The summed E-state index contributed by atoms with van der Waals surface area (Å²) in [6.45, 7) is 3.07. The molecule has 2 radical (unpaired) electrons. The molecule has 0 bridgehead atoms. The Bertz CT molecular complexity index is 219. The second-order valence-corrected chi connectivity index (χ2v) is 4.31. The van der Waals surface area contributed by atoms with E-state index in [0.717, 1.165) is 5.92 Å². The highest BCUT2D eigenvalue weighted by Gasteiger charge is 2.14. The monoisotopic (exact) mass is 189 g/mol. The van der Waals surface area contributed by atoms with E-state index in [1.54, 1.807) is 0 Å². The molecule has 1 N–H and O–H groups in total. The van der Waals surface area contributed by atoms with Gasteiger partial charge in [-0.05, 0) is 36.6 Å². The highest BCUT2D eigenvalue weighted by molar-refractivity contribution is 5.27. The second kappa shape index (κ2) is 5.23. The molecule has 2 rings (SSSR count). The van der Waals surface area contributed by atoms with E-state index in [1.165, 1.54) is 50.5 Å². The van der Waals surface area contributed by atoms with Crippen molar-refractivity contribution in [1.82, 2.24) is 5.32 Å². The lowest BCUT2D eigenvalue weighted by Crippen LogP contribution is -2.11. The quantitative estimate of drug-likeness (QED) is 0.666. The highest BCUT2D eigenvalue weighted by atomic mass is 14.8. The van der Waals surface area contributed by atoms with Crippen molar-refractivity contribution in [2.24, 2.45) is 5.92 Å². The van der Waals surface area contributed by atoms with Crippen molar-refractivity contribution >= 4 is 0 Å². The number of allylic oxidation sites excluding steroid dienone is 2. The lowest BCUT2D eigenvalue weighted by atomic mass is 9.85. The summed E-state index contributed by atoms with van der Waals surface area (Å²) in [4.78, 5) is 0. The third-order valence-electron chi connectivity index (χ3n) is 3.26. The standard InChI is InChI=1S/C13H19N/c1-2-4-6-12(7-5-3-1)13-8-10-14-11-9-13/h8-10,12,14H,1-7H2. The van der Waals surface area contributed by atoms with Gasteiger partial charge in [-0.2, -0.15) is 0 Å². The molecule has 1 fully saturated rings. The summed E-state index contributed by atoms with van der Waals surface area (Å²) in [6.07, 6.45) is 16.2. The van der Waals surface area contributed by atoms with Gasteiger partial charge in [0.15, 0.2) is 0 Å². The largest absolute Gasteiger partial charge is 0.377 e. The Kier molecular flexibility index (Phi) is 3.67. The van der Waals surface area contributed by atoms with E-state index in [4.69, 9.17) is 0 Å². The van der Waals surface area contributed by atoms with Gasteiger partial charge in [0.25, 0.3) is 0 Å². The Labute approximate surface area is 87.3 Å². The summed E-state index contributed by atoms with van der Waals surface area (Å²) < 4.78 is 0. The molecule has 0 aromatic carbocycles. The Morgan fingerprint density at radius 2 is 1.79 bits per heavy atom. The average Bonchev–Trinajstić information content (AvgIpc) is 2.18. The van der Waals surface area contributed by atoms with Crippen LogP contribution in [0.15, 0.2) is 23.9 Å². The van der Waals surface area contributed by atoms with Crippen LogP contribution in [0.25, 0.3) is 0 Å². The van der Waals surface area contributed by atoms with Crippen LogP contribution in [0.4, 0.5) is 0 Å². The van der Waals surface area contributed by atoms with E-state index in [0.29, 0.717) is 0 Å². The summed E-state index contributed by atoms with van der Waals surface area (Å²) in [7, 11) is 0. The average molecular weight is 189 g/mol. The van der Waals surface area contributed by atoms with Crippen LogP contribution in [0.1, 0.15) is 44.9 Å². The lowest BCUT2D eigenvalue weighted by molar-refractivity contribution is 0.424. The summed E-state index contributed by atoms with van der Waals surface area (Å²) in [5.41, 5.74) is 1.48. The van der Waals surface area contributed by atoms with Crippen molar-refractivity contribution in [2.75, 3.05) is 0 Å². The first-order chi connectivity index (χ1) is 6.97. The predicted octanol–water partition coefficient (Wildman–Crippen LogP) is 3.43.